The molecule has 0 spiro atoms. The van der Waals surface area contributed by atoms with Crippen LogP contribution in [0.25, 0.3) is 0 Å². The average molecular weight is 316 g/mol. The Hall–Kier alpha value is -1.39. The monoisotopic (exact) mass is 316 g/mol. The number of hydrogen-bond acceptors (Lipinski definition) is 3. The lowest BCUT2D eigenvalue weighted by Crippen LogP contribution is -2.41. The summed E-state index contributed by atoms with van der Waals surface area (Å²) >= 11 is 0. The smallest absolute Gasteiger partial charge is 0.227 e. The number of nitrogens with one attached hydrogen (secondary N) is 1. The van der Waals surface area contributed by atoms with E-state index >= 15 is 0 Å². The number of rotatable bonds is 5. The van der Waals surface area contributed by atoms with Gasteiger partial charge in [0.15, 0.2) is 0 Å². The Bertz CT molecular complexity index is 546. The summed E-state index contributed by atoms with van der Waals surface area (Å²) in [7, 11) is 0. The largest absolute Gasteiger partial charge is 0.396 e. The van der Waals surface area contributed by atoms with E-state index < -0.39 is 0 Å². The Balaban J connectivity index is 1.69. The van der Waals surface area contributed by atoms with E-state index in [2.05, 4.69) is 24.4 Å². The van der Waals surface area contributed by atoms with E-state index in [4.69, 9.17) is 0 Å². The number of aliphatic hydroxyl groups excluding tert-OH is 1. The zero-order chi connectivity index (χ0) is 16.2. The highest BCUT2D eigenvalue weighted by molar-refractivity contribution is 5.95. The average Bonchev–Trinajstić information content (AvgIpc) is 3.01. The van der Waals surface area contributed by atoms with Gasteiger partial charge in [0.25, 0.3) is 0 Å². The molecule has 3 unspecified atom stereocenters. The van der Waals surface area contributed by atoms with E-state index in [9.17, 15) is 9.90 Å². The molecule has 0 radical (unpaired) electrons. The van der Waals surface area contributed by atoms with Crippen molar-refractivity contribution in [3.63, 3.8) is 0 Å². The summed E-state index contributed by atoms with van der Waals surface area (Å²) in [6.45, 7) is 3.28. The molecule has 1 aromatic carbocycles. The van der Waals surface area contributed by atoms with Gasteiger partial charge in [-0.05, 0) is 49.8 Å². The SMILES string of the molecule is CC(NC1CCCCC1CO)c1cccc(N2CCCC2=O)c1. The van der Waals surface area contributed by atoms with Crippen LogP contribution >= 0.6 is 0 Å². The topological polar surface area (TPSA) is 52.6 Å². The lowest BCUT2D eigenvalue weighted by Gasteiger charge is -2.33. The van der Waals surface area contributed by atoms with Crippen LogP contribution in [0.1, 0.15) is 57.1 Å². The number of aliphatic hydroxyl groups is 1. The van der Waals surface area contributed by atoms with Crippen molar-refractivity contribution >= 4 is 11.6 Å². The lowest BCUT2D eigenvalue weighted by atomic mass is 9.84. The molecule has 2 fully saturated rings. The van der Waals surface area contributed by atoms with Crippen molar-refractivity contribution in [3.8, 4) is 0 Å². The molecule has 4 nitrogen and oxygen atoms in total. The molecule has 4 heteroatoms. The maximum atomic E-state index is 11.9. The number of amides is 1. The number of anilines is 1. The highest BCUT2D eigenvalue weighted by Gasteiger charge is 2.26. The Morgan fingerprint density at radius 2 is 2.13 bits per heavy atom. The zero-order valence-electron chi connectivity index (χ0n) is 14.0. The van der Waals surface area contributed by atoms with Gasteiger partial charge in [-0.3, -0.25) is 4.79 Å². The third-order valence-electron chi connectivity index (χ3n) is 5.36. The molecule has 126 valence electrons. The van der Waals surface area contributed by atoms with Crippen LogP contribution in [0.5, 0.6) is 0 Å². The van der Waals surface area contributed by atoms with Gasteiger partial charge in [0.1, 0.15) is 0 Å². The Morgan fingerprint density at radius 1 is 1.30 bits per heavy atom. The Morgan fingerprint density at radius 3 is 2.87 bits per heavy atom. The normalized spacial score (nSPS) is 26.5. The second-order valence-corrected chi connectivity index (χ2v) is 6.97. The molecule has 1 saturated carbocycles. The molecule has 23 heavy (non-hydrogen) atoms. The predicted molar refractivity (Wildman–Crippen MR) is 92.4 cm³/mol. The molecule has 3 atom stereocenters. The maximum Gasteiger partial charge on any atom is 0.227 e. The fourth-order valence-electron chi connectivity index (χ4n) is 3.95. The standard InChI is InChI=1S/C19H28N2O2/c1-14(20-18-9-3-2-6-16(18)13-22)15-7-4-8-17(12-15)21-11-5-10-19(21)23/h4,7-8,12,14,16,18,20,22H,2-3,5-6,9-11,13H2,1H3. The van der Waals surface area contributed by atoms with Gasteiger partial charge in [-0.2, -0.15) is 0 Å². The van der Waals surface area contributed by atoms with Crippen molar-refractivity contribution in [3.05, 3.63) is 29.8 Å². The van der Waals surface area contributed by atoms with Gasteiger partial charge < -0.3 is 15.3 Å². The minimum atomic E-state index is 0.227. The lowest BCUT2D eigenvalue weighted by molar-refractivity contribution is -0.117. The van der Waals surface area contributed by atoms with Crippen LogP contribution in [-0.4, -0.2) is 30.2 Å². The van der Waals surface area contributed by atoms with Gasteiger partial charge in [0, 0.05) is 37.3 Å². The first-order valence-electron chi connectivity index (χ1n) is 8.96. The molecule has 1 aromatic rings. The molecule has 1 amide bonds. The van der Waals surface area contributed by atoms with E-state index in [1.807, 2.05) is 17.0 Å². The molecular weight excluding hydrogens is 288 g/mol. The summed E-state index contributed by atoms with van der Waals surface area (Å²) in [5, 5.41) is 13.3. The summed E-state index contributed by atoms with van der Waals surface area (Å²) < 4.78 is 0. The number of hydrogen-bond donors (Lipinski definition) is 2. The van der Waals surface area contributed by atoms with Crippen LogP contribution in [0.4, 0.5) is 5.69 Å². The van der Waals surface area contributed by atoms with Crippen molar-refractivity contribution in [2.24, 2.45) is 5.92 Å². The molecular formula is C19H28N2O2. The summed E-state index contributed by atoms with van der Waals surface area (Å²) in [5.41, 5.74) is 2.23. The van der Waals surface area contributed by atoms with Crippen molar-refractivity contribution in [1.82, 2.24) is 5.32 Å². The highest BCUT2D eigenvalue weighted by Crippen LogP contribution is 2.28. The van der Waals surface area contributed by atoms with Crippen LogP contribution in [0.2, 0.25) is 0 Å². The summed E-state index contributed by atoms with van der Waals surface area (Å²) in [5.74, 6) is 0.602. The molecule has 1 aliphatic heterocycles. The Labute approximate surface area is 138 Å². The molecule has 1 heterocycles. The number of nitrogens with zero attached hydrogens (tertiary/aromatic N) is 1. The van der Waals surface area contributed by atoms with Gasteiger partial charge in [-0.1, -0.05) is 25.0 Å². The van der Waals surface area contributed by atoms with Crippen LogP contribution in [0.3, 0.4) is 0 Å². The third-order valence-corrected chi connectivity index (χ3v) is 5.36. The molecule has 1 saturated heterocycles. The van der Waals surface area contributed by atoms with Gasteiger partial charge in [-0.15, -0.1) is 0 Å². The first-order chi connectivity index (χ1) is 11.2. The number of carbonyl (C=O) groups excluding carboxylic acids is 1. The van der Waals surface area contributed by atoms with Crippen molar-refractivity contribution < 1.29 is 9.90 Å². The highest BCUT2D eigenvalue weighted by atomic mass is 16.3. The summed E-state index contributed by atoms with van der Waals surface area (Å²) in [4.78, 5) is 13.8. The van der Waals surface area contributed by atoms with Gasteiger partial charge >= 0.3 is 0 Å². The van der Waals surface area contributed by atoms with E-state index in [1.165, 1.54) is 18.4 Å². The predicted octanol–water partition coefficient (Wildman–Crippen LogP) is 3.02. The third kappa shape index (κ3) is 3.75. The number of carbonyl (C=O) groups is 1. The van der Waals surface area contributed by atoms with Crippen LogP contribution < -0.4 is 10.2 Å². The molecule has 1 aliphatic carbocycles. The van der Waals surface area contributed by atoms with E-state index in [0.29, 0.717) is 18.4 Å². The molecule has 0 aromatic heterocycles. The summed E-state index contributed by atoms with van der Waals surface area (Å²) in [6.07, 6.45) is 6.34. The fourth-order valence-corrected chi connectivity index (χ4v) is 3.95. The molecule has 0 bridgehead atoms. The van der Waals surface area contributed by atoms with Crippen molar-refractivity contribution in [1.29, 1.82) is 0 Å². The molecule has 2 N–H and O–H groups in total. The quantitative estimate of drug-likeness (QED) is 0.878. The Kier molecular flexibility index (Phi) is 5.34. The van der Waals surface area contributed by atoms with E-state index in [-0.39, 0.29) is 18.6 Å². The first kappa shape index (κ1) is 16.5. The minimum absolute atomic E-state index is 0.227. The van der Waals surface area contributed by atoms with Crippen LogP contribution in [0, 0.1) is 5.92 Å². The van der Waals surface area contributed by atoms with E-state index in [0.717, 1.165) is 31.5 Å². The van der Waals surface area contributed by atoms with Gasteiger partial charge in [-0.25, -0.2) is 0 Å². The first-order valence-corrected chi connectivity index (χ1v) is 8.96. The second kappa shape index (κ2) is 7.45. The van der Waals surface area contributed by atoms with Crippen molar-refractivity contribution in [2.45, 2.75) is 57.5 Å². The van der Waals surface area contributed by atoms with Gasteiger partial charge in [0.2, 0.25) is 5.91 Å². The van der Waals surface area contributed by atoms with E-state index in [1.54, 1.807) is 0 Å². The van der Waals surface area contributed by atoms with Crippen LogP contribution in [0.15, 0.2) is 24.3 Å². The minimum Gasteiger partial charge on any atom is -0.396 e. The fraction of sp³-hybridized carbons (Fsp3) is 0.632. The van der Waals surface area contributed by atoms with Crippen molar-refractivity contribution in [2.75, 3.05) is 18.1 Å². The maximum absolute atomic E-state index is 11.9. The second-order valence-electron chi connectivity index (χ2n) is 6.97. The summed E-state index contributed by atoms with van der Waals surface area (Å²) in [6, 6.07) is 8.94. The molecule has 2 aliphatic rings. The number of benzene rings is 1. The molecule has 3 rings (SSSR count). The van der Waals surface area contributed by atoms with Gasteiger partial charge in [0.05, 0.1) is 0 Å². The van der Waals surface area contributed by atoms with Crippen LogP contribution in [-0.2, 0) is 4.79 Å². The zero-order valence-corrected chi connectivity index (χ0v) is 14.0.